The molecule has 1 N–H and O–H groups in total. The minimum absolute atomic E-state index is 0.0213. The molecule has 0 unspecified atom stereocenters. The Labute approximate surface area is 182 Å². The van der Waals surface area contributed by atoms with E-state index < -0.39 is 0 Å². The average molecular weight is 412 g/mol. The number of benzene rings is 2. The number of hydrogen-bond donors (Lipinski definition) is 1. The monoisotopic (exact) mass is 411 g/mol. The van der Waals surface area contributed by atoms with Crippen molar-refractivity contribution in [1.82, 2.24) is 0 Å². The molecular weight excluding hydrogens is 374 g/mol. The second-order valence-corrected chi connectivity index (χ2v) is 8.39. The van der Waals surface area contributed by atoms with Gasteiger partial charge in [0.15, 0.2) is 6.61 Å². The van der Waals surface area contributed by atoms with Gasteiger partial charge < -0.3 is 14.8 Å². The second-order valence-electron chi connectivity index (χ2n) is 8.39. The molecule has 1 amide bonds. The SMILES string of the molecule is CCCCCCCOc1ccc(NC(=O)COc2ccc(C(C)(C)CC)cc2)cc1. The third-order valence-corrected chi connectivity index (χ3v) is 5.54. The summed E-state index contributed by atoms with van der Waals surface area (Å²) in [5, 5.41) is 2.86. The van der Waals surface area contributed by atoms with Gasteiger partial charge in [0.1, 0.15) is 11.5 Å². The number of amides is 1. The summed E-state index contributed by atoms with van der Waals surface area (Å²) < 4.78 is 11.4. The lowest BCUT2D eigenvalue weighted by atomic mass is 9.82. The number of rotatable bonds is 13. The Morgan fingerprint density at radius 1 is 0.833 bits per heavy atom. The first-order valence-corrected chi connectivity index (χ1v) is 11.2. The molecule has 4 heteroatoms. The van der Waals surface area contributed by atoms with Crippen LogP contribution < -0.4 is 14.8 Å². The van der Waals surface area contributed by atoms with E-state index in [1.54, 1.807) is 0 Å². The van der Waals surface area contributed by atoms with Crippen LogP contribution in [0.4, 0.5) is 5.69 Å². The second kappa shape index (κ2) is 12.3. The molecular formula is C26H37NO3. The molecule has 4 nitrogen and oxygen atoms in total. The summed E-state index contributed by atoms with van der Waals surface area (Å²) in [5.74, 6) is 1.34. The van der Waals surface area contributed by atoms with E-state index >= 15 is 0 Å². The Bertz CT molecular complexity index is 751. The van der Waals surface area contributed by atoms with E-state index in [1.807, 2.05) is 36.4 Å². The summed E-state index contributed by atoms with van der Waals surface area (Å²) in [7, 11) is 0. The Morgan fingerprint density at radius 3 is 2.07 bits per heavy atom. The van der Waals surface area contributed by atoms with E-state index in [0.29, 0.717) is 5.75 Å². The minimum Gasteiger partial charge on any atom is -0.494 e. The van der Waals surface area contributed by atoms with E-state index in [1.165, 1.54) is 31.2 Å². The molecule has 0 atom stereocenters. The van der Waals surface area contributed by atoms with Gasteiger partial charge in [-0.15, -0.1) is 0 Å². The molecule has 0 aliphatic carbocycles. The summed E-state index contributed by atoms with van der Waals surface area (Å²) in [5.41, 5.74) is 2.14. The molecule has 2 aromatic carbocycles. The van der Waals surface area contributed by atoms with Gasteiger partial charge in [0.05, 0.1) is 6.61 Å². The van der Waals surface area contributed by atoms with Gasteiger partial charge in [-0.2, -0.15) is 0 Å². The first kappa shape index (κ1) is 23.8. The minimum atomic E-state index is -0.183. The number of ether oxygens (including phenoxy) is 2. The van der Waals surface area contributed by atoms with Crippen molar-refractivity contribution in [2.75, 3.05) is 18.5 Å². The van der Waals surface area contributed by atoms with Gasteiger partial charge in [0, 0.05) is 5.69 Å². The number of anilines is 1. The number of nitrogens with one attached hydrogen (secondary N) is 1. The van der Waals surface area contributed by atoms with Gasteiger partial charge in [-0.3, -0.25) is 4.79 Å². The molecule has 30 heavy (non-hydrogen) atoms. The van der Waals surface area contributed by atoms with Gasteiger partial charge in [-0.25, -0.2) is 0 Å². The smallest absolute Gasteiger partial charge is 0.262 e. The van der Waals surface area contributed by atoms with E-state index in [2.05, 4.69) is 45.1 Å². The van der Waals surface area contributed by atoms with Crippen LogP contribution in [0.3, 0.4) is 0 Å². The first-order valence-electron chi connectivity index (χ1n) is 11.2. The topological polar surface area (TPSA) is 47.6 Å². The number of carbonyl (C=O) groups excluding carboxylic acids is 1. The van der Waals surface area contributed by atoms with Crippen molar-refractivity contribution in [1.29, 1.82) is 0 Å². The van der Waals surface area contributed by atoms with Crippen molar-refractivity contribution in [3.63, 3.8) is 0 Å². The Morgan fingerprint density at radius 2 is 1.43 bits per heavy atom. The Kier molecular flexibility index (Phi) is 9.72. The van der Waals surface area contributed by atoms with E-state index in [4.69, 9.17) is 9.47 Å². The fourth-order valence-corrected chi connectivity index (χ4v) is 3.08. The Hall–Kier alpha value is -2.49. The molecule has 2 rings (SSSR count). The zero-order valence-electron chi connectivity index (χ0n) is 19.0. The van der Waals surface area contributed by atoms with Crippen LogP contribution in [-0.4, -0.2) is 19.1 Å². The van der Waals surface area contributed by atoms with Gasteiger partial charge in [-0.1, -0.05) is 65.5 Å². The maximum atomic E-state index is 12.2. The van der Waals surface area contributed by atoms with Gasteiger partial charge >= 0.3 is 0 Å². The molecule has 164 valence electrons. The van der Waals surface area contributed by atoms with Crippen LogP contribution in [-0.2, 0) is 10.2 Å². The van der Waals surface area contributed by atoms with Gasteiger partial charge in [0.25, 0.3) is 5.91 Å². The highest BCUT2D eigenvalue weighted by atomic mass is 16.5. The molecule has 0 saturated heterocycles. The molecule has 2 aromatic rings. The summed E-state index contributed by atoms with van der Waals surface area (Å²) in [4.78, 5) is 12.2. The normalized spacial score (nSPS) is 11.2. The van der Waals surface area contributed by atoms with E-state index in [9.17, 15) is 4.79 Å². The summed E-state index contributed by atoms with van der Waals surface area (Å²) in [6, 6.07) is 15.5. The highest BCUT2D eigenvalue weighted by Gasteiger charge is 2.17. The lowest BCUT2D eigenvalue weighted by Gasteiger charge is -2.23. The lowest BCUT2D eigenvalue weighted by molar-refractivity contribution is -0.118. The van der Waals surface area contributed by atoms with Gasteiger partial charge in [-0.05, 0) is 60.2 Å². The quantitative estimate of drug-likeness (QED) is 0.371. The van der Waals surface area contributed by atoms with Crippen LogP contribution >= 0.6 is 0 Å². The predicted molar refractivity (Wildman–Crippen MR) is 125 cm³/mol. The molecule has 0 fully saturated rings. The highest BCUT2D eigenvalue weighted by molar-refractivity contribution is 5.91. The fourth-order valence-electron chi connectivity index (χ4n) is 3.08. The standard InChI is InChI=1S/C26H37NO3/c1-5-7-8-9-10-19-29-23-17-13-22(14-18-23)27-25(28)20-30-24-15-11-21(12-16-24)26(3,4)6-2/h11-18H,5-10,19-20H2,1-4H3,(H,27,28). The van der Waals surface area contributed by atoms with Crippen LogP contribution in [0.25, 0.3) is 0 Å². The molecule has 0 aromatic heterocycles. The molecule has 0 aliphatic heterocycles. The first-order chi connectivity index (χ1) is 14.4. The number of unbranched alkanes of at least 4 members (excludes halogenated alkanes) is 4. The van der Waals surface area contributed by atoms with Crippen LogP contribution in [0.15, 0.2) is 48.5 Å². The molecule has 0 aliphatic rings. The van der Waals surface area contributed by atoms with E-state index in [0.717, 1.165) is 30.9 Å². The van der Waals surface area contributed by atoms with Crippen LogP contribution in [0.2, 0.25) is 0 Å². The third-order valence-electron chi connectivity index (χ3n) is 5.54. The molecule has 0 heterocycles. The number of carbonyl (C=O) groups is 1. The highest BCUT2D eigenvalue weighted by Crippen LogP contribution is 2.28. The van der Waals surface area contributed by atoms with Crippen LogP contribution in [0, 0.1) is 0 Å². The van der Waals surface area contributed by atoms with E-state index in [-0.39, 0.29) is 17.9 Å². The van der Waals surface area contributed by atoms with Gasteiger partial charge in [0.2, 0.25) is 0 Å². The third kappa shape index (κ3) is 8.10. The van der Waals surface area contributed by atoms with Crippen LogP contribution in [0.5, 0.6) is 11.5 Å². The molecule has 0 saturated carbocycles. The fraction of sp³-hybridized carbons (Fsp3) is 0.500. The maximum Gasteiger partial charge on any atom is 0.262 e. The molecule has 0 spiro atoms. The van der Waals surface area contributed by atoms with Crippen molar-refractivity contribution in [2.45, 2.75) is 71.6 Å². The Balaban J connectivity index is 1.72. The van der Waals surface area contributed by atoms with Crippen LogP contribution in [0.1, 0.15) is 71.8 Å². The largest absolute Gasteiger partial charge is 0.494 e. The summed E-state index contributed by atoms with van der Waals surface area (Å²) >= 11 is 0. The molecule has 0 bridgehead atoms. The van der Waals surface area contributed by atoms with Crippen molar-refractivity contribution in [2.24, 2.45) is 0 Å². The zero-order chi connectivity index (χ0) is 21.8. The van der Waals surface area contributed by atoms with Crippen molar-refractivity contribution in [3.8, 4) is 11.5 Å². The number of hydrogen-bond acceptors (Lipinski definition) is 3. The van der Waals surface area contributed by atoms with Crippen molar-refractivity contribution in [3.05, 3.63) is 54.1 Å². The maximum absolute atomic E-state index is 12.2. The van der Waals surface area contributed by atoms with Crippen molar-refractivity contribution < 1.29 is 14.3 Å². The van der Waals surface area contributed by atoms with Crippen molar-refractivity contribution >= 4 is 11.6 Å². The zero-order valence-corrected chi connectivity index (χ0v) is 19.0. The summed E-state index contributed by atoms with van der Waals surface area (Å²) in [6.45, 7) is 9.56. The molecule has 0 radical (unpaired) electrons. The average Bonchev–Trinajstić information content (AvgIpc) is 2.76. The summed E-state index contributed by atoms with van der Waals surface area (Å²) in [6.07, 6.45) is 7.17. The lowest BCUT2D eigenvalue weighted by Crippen LogP contribution is -2.20. The predicted octanol–water partition coefficient (Wildman–Crippen LogP) is 6.74.